The van der Waals surface area contributed by atoms with Crippen molar-refractivity contribution in [2.24, 2.45) is 0 Å². The third-order valence-corrected chi connectivity index (χ3v) is 27.4. The fourth-order valence-electron chi connectivity index (χ4n) is 20.8. The molecule has 0 saturated carbocycles. The second kappa shape index (κ2) is 34.4. The normalized spacial score (nSPS) is 11.7. The van der Waals surface area contributed by atoms with Crippen molar-refractivity contribution >= 4 is 142 Å². The second-order valence-electron chi connectivity index (χ2n) is 35.6. The van der Waals surface area contributed by atoms with E-state index in [2.05, 4.69) is 422 Å². The van der Waals surface area contributed by atoms with Crippen LogP contribution < -0.4 is 0 Å². The van der Waals surface area contributed by atoms with Crippen LogP contribution in [-0.2, 0) is 0 Å². The summed E-state index contributed by atoms with van der Waals surface area (Å²) in [6.45, 7) is 0. The van der Waals surface area contributed by atoms with Gasteiger partial charge in [0.1, 0.15) is 11.4 Å². The lowest BCUT2D eigenvalue weighted by Gasteiger charge is -2.15. The summed E-state index contributed by atoms with van der Waals surface area (Å²) in [5, 5.41) is 15.6. The average Bonchev–Trinajstić information content (AvgIpc) is 1.59. The summed E-state index contributed by atoms with van der Waals surface area (Å²) >= 11 is 0. The maximum absolute atomic E-state index is 5.45. The van der Waals surface area contributed by atoms with Gasteiger partial charge in [0.05, 0.1) is 89.0 Å². The number of nitrogens with zero attached hydrogens (tertiary/aromatic N) is 15. The molecule has 29 rings (SSSR count). The maximum atomic E-state index is 5.45. The quantitative estimate of drug-likeness (QED) is 0.110. The van der Waals surface area contributed by atoms with E-state index in [1.807, 2.05) is 97.2 Å². The molecular weight excluding hydrogens is 1740 g/mol. The number of para-hydroxylation sites is 9. The highest BCUT2D eigenvalue weighted by Gasteiger charge is 2.27. The molecular formula is C127H81N15. The minimum Gasteiger partial charge on any atom is -0.317 e. The van der Waals surface area contributed by atoms with Crippen molar-refractivity contribution in [3.63, 3.8) is 0 Å². The monoisotopic (exact) mass is 1820 g/mol. The number of fused-ring (bicyclic) bond motifs is 16. The molecule has 15 nitrogen and oxygen atoms in total. The number of hydrogen-bond acceptors (Lipinski definition) is 9. The van der Waals surface area contributed by atoms with E-state index in [0.29, 0.717) is 29.4 Å². The number of rotatable bonds is 13. The fourth-order valence-corrected chi connectivity index (χ4v) is 20.8. The van der Waals surface area contributed by atoms with Gasteiger partial charge in [0.25, 0.3) is 0 Å². The Hall–Kier alpha value is -19.5. The van der Waals surface area contributed by atoms with Gasteiger partial charge in [-0.15, -0.1) is 0 Å². The molecule has 0 aliphatic rings. The maximum Gasteiger partial charge on any atom is 0.235 e. The molecule has 11 heterocycles. The van der Waals surface area contributed by atoms with Gasteiger partial charge < -0.3 is 13.7 Å². The summed E-state index contributed by atoms with van der Waals surface area (Å²) in [4.78, 5) is 46.9. The van der Waals surface area contributed by atoms with E-state index >= 15 is 0 Å². The van der Waals surface area contributed by atoms with Crippen molar-refractivity contribution in [3.8, 4) is 114 Å². The first kappa shape index (κ1) is 82.0. The van der Waals surface area contributed by atoms with Crippen molar-refractivity contribution in [3.05, 3.63) is 492 Å². The first-order chi connectivity index (χ1) is 70.4. The van der Waals surface area contributed by atoms with Gasteiger partial charge in [-0.25, -0.2) is 39.9 Å². The Balaban J connectivity index is 0.000000107. The average molecular weight is 1820 g/mol. The Morgan fingerprint density at radius 3 is 0.887 bits per heavy atom. The van der Waals surface area contributed by atoms with Gasteiger partial charge in [-0.2, -0.15) is 0 Å². The lowest BCUT2D eigenvalue weighted by atomic mass is 9.93. The number of hydrogen-bond donors (Lipinski definition) is 0. The summed E-state index contributed by atoms with van der Waals surface area (Å²) in [6.07, 6.45) is 8.27. The predicted molar refractivity (Wildman–Crippen MR) is 581 cm³/mol. The molecule has 29 aromatic rings. The van der Waals surface area contributed by atoms with Crippen molar-refractivity contribution < 1.29 is 0 Å². The zero-order chi connectivity index (χ0) is 93.7. The molecule has 0 bridgehead atoms. The molecule has 0 aliphatic carbocycles. The SMILES string of the molecule is c1ccc(-c2cc(-c3ccccc3)nc(-c3nc(-n4c5ccccc5c5cc6c(ccn6-c6ccccc6)cc54)nc4ccccc34)n2)cc1.c1ccc(-c2ccc(-c3nc(-n4c5ccccc5c5cc6c(ccn6-c6ccccc6)cc54)nc4ccccc34)c3ccccc23)cc1.c1ccc(-c2cccnc2-c2nc(-n3c4ccccc4c4cc5c(ccn5-c5ccccc5)cc43)nc3ccccc23)cc1. The minimum absolute atomic E-state index is 0.549. The van der Waals surface area contributed by atoms with Crippen LogP contribution in [0.25, 0.3) is 255 Å². The molecule has 0 fully saturated rings. The minimum atomic E-state index is 0.549. The lowest BCUT2D eigenvalue weighted by molar-refractivity contribution is 1.00. The molecule has 0 aliphatic heterocycles. The molecule has 0 spiro atoms. The van der Waals surface area contributed by atoms with Crippen LogP contribution in [0.2, 0.25) is 0 Å². The number of benzene rings is 18. The van der Waals surface area contributed by atoms with E-state index in [-0.39, 0.29) is 0 Å². The molecule has 15 heteroatoms. The van der Waals surface area contributed by atoms with Crippen LogP contribution in [0.3, 0.4) is 0 Å². The smallest absolute Gasteiger partial charge is 0.235 e. The Kier molecular flexibility index (Phi) is 19.9. The van der Waals surface area contributed by atoms with E-state index < -0.39 is 0 Å². The van der Waals surface area contributed by atoms with E-state index in [0.717, 1.165) is 183 Å². The molecule has 0 unspecified atom stereocenters. The predicted octanol–water partition coefficient (Wildman–Crippen LogP) is 31.0. The van der Waals surface area contributed by atoms with Crippen LogP contribution in [0.15, 0.2) is 492 Å². The van der Waals surface area contributed by atoms with Crippen molar-refractivity contribution in [1.82, 2.24) is 72.3 Å². The highest BCUT2D eigenvalue weighted by atomic mass is 15.2. The molecule has 0 radical (unpaired) electrons. The van der Waals surface area contributed by atoms with Gasteiger partial charge in [0.15, 0.2) is 5.82 Å². The first-order valence-electron chi connectivity index (χ1n) is 47.6. The van der Waals surface area contributed by atoms with Crippen LogP contribution in [0.1, 0.15) is 0 Å². The first-order valence-corrected chi connectivity index (χ1v) is 47.6. The van der Waals surface area contributed by atoms with E-state index in [1.165, 1.54) is 43.6 Å². The van der Waals surface area contributed by atoms with Crippen molar-refractivity contribution in [2.75, 3.05) is 0 Å². The Morgan fingerprint density at radius 1 is 0.169 bits per heavy atom. The fraction of sp³-hybridized carbons (Fsp3) is 0. The number of aromatic nitrogens is 15. The van der Waals surface area contributed by atoms with Crippen LogP contribution >= 0.6 is 0 Å². The molecule has 0 atom stereocenters. The zero-order valence-corrected chi connectivity index (χ0v) is 76.5. The highest BCUT2D eigenvalue weighted by molar-refractivity contribution is 6.17. The van der Waals surface area contributed by atoms with Gasteiger partial charge in [-0.05, 0) is 167 Å². The van der Waals surface area contributed by atoms with Gasteiger partial charge in [-0.1, -0.05) is 328 Å². The Morgan fingerprint density at radius 2 is 0.479 bits per heavy atom. The van der Waals surface area contributed by atoms with Crippen LogP contribution in [0.5, 0.6) is 0 Å². The summed E-state index contributed by atoms with van der Waals surface area (Å²) in [5.41, 5.74) is 28.4. The largest absolute Gasteiger partial charge is 0.317 e. The zero-order valence-electron chi connectivity index (χ0n) is 76.5. The third-order valence-electron chi connectivity index (χ3n) is 27.4. The topological polar surface area (TPSA) is 146 Å². The molecule has 0 saturated heterocycles. The summed E-state index contributed by atoms with van der Waals surface area (Å²) in [5.74, 6) is 2.40. The Labute approximate surface area is 814 Å². The molecule has 664 valence electrons. The third kappa shape index (κ3) is 14.2. The van der Waals surface area contributed by atoms with E-state index in [4.69, 9.17) is 44.9 Å². The summed E-state index contributed by atoms with van der Waals surface area (Å²) in [7, 11) is 0. The Bertz CT molecular complexity index is 9930. The van der Waals surface area contributed by atoms with Gasteiger partial charge in [0.2, 0.25) is 17.8 Å². The van der Waals surface area contributed by atoms with Gasteiger partial charge in [0, 0.05) is 129 Å². The van der Waals surface area contributed by atoms with Crippen LogP contribution in [0.4, 0.5) is 0 Å². The van der Waals surface area contributed by atoms with Crippen LogP contribution in [0, 0.1) is 0 Å². The van der Waals surface area contributed by atoms with Gasteiger partial charge >= 0.3 is 0 Å². The summed E-state index contributed by atoms with van der Waals surface area (Å²) in [6, 6.07) is 163. The second-order valence-corrected chi connectivity index (χ2v) is 35.6. The molecule has 142 heavy (non-hydrogen) atoms. The molecule has 11 aromatic heterocycles. The molecule has 0 amide bonds. The van der Waals surface area contributed by atoms with Gasteiger partial charge in [-0.3, -0.25) is 18.7 Å². The van der Waals surface area contributed by atoms with Crippen molar-refractivity contribution in [1.29, 1.82) is 0 Å². The lowest BCUT2D eigenvalue weighted by Crippen LogP contribution is -2.05. The molecule has 18 aromatic carbocycles. The van der Waals surface area contributed by atoms with E-state index in [9.17, 15) is 0 Å². The molecule has 0 N–H and O–H groups in total. The van der Waals surface area contributed by atoms with E-state index in [1.54, 1.807) is 0 Å². The summed E-state index contributed by atoms with van der Waals surface area (Å²) < 4.78 is 13.4. The van der Waals surface area contributed by atoms with Crippen molar-refractivity contribution in [2.45, 2.75) is 0 Å². The van der Waals surface area contributed by atoms with Crippen LogP contribution in [-0.4, -0.2) is 72.3 Å². The standard InChI is InChI=1S/C44H28N6.C44H28N4.C39H25N5/c1-4-14-29(15-5-1)37-28-38(30-16-6-2-7-17-30)46-43(45-37)42-34-21-10-12-22-36(34)47-44(48-42)50-39-23-13-11-20-33(39)35-27-40-31(26-41(35)50)24-25-49(40)32-18-8-3-9-19-32;1-3-13-29(14-4-1)32-23-24-36(34-18-8-7-17-33(32)34)43-37-20-9-11-21-39(37)45-44(46-43)48-40-22-12-10-19-35(40)38-28-41-30(27-42(38)48)25-26-47(41)31-15-5-2-6-16-31;1-3-12-26(13-4-1)29-18-11-22-40-37(29)38-31-17-7-9-19-33(31)41-39(42-38)44-34-20-10-8-16-30(34)32-25-35-27(24-36(32)44)21-23-43(35)28-14-5-2-6-15-28/h1-28H;1-28H;1-25H. The highest BCUT2D eigenvalue weighted by Crippen LogP contribution is 2.45. The number of pyridine rings is 1.